The van der Waals surface area contributed by atoms with Gasteiger partial charge in [-0.3, -0.25) is 9.59 Å². The summed E-state index contributed by atoms with van der Waals surface area (Å²) in [7, 11) is 0. The molecule has 36 heavy (non-hydrogen) atoms. The van der Waals surface area contributed by atoms with Gasteiger partial charge in [-0.25, -0.2) is 0 Å². The maximum absolute atomic E-state index is 12.4. The molecule has 0 radical (unpaired) electrons. The zero-order valence-electron chi connectivity index (χ0n) is 18.6. The summed E-state index contributed by atoms with van der Waals surface area (Å²) in [5, 5.41) is 21.7. The van der Waals surface area contributed by atoms with Crippen LogP contribution in [-0.2, 0) is 4.79 Å². The molecule has 0 spiro atoms. The number of carbonyl (C=O) groups excluding carboxylic acids is 1. The molecule has 0 bridgehead atoms. The Morgan fingerprint density at radius 3 is 2.14 bits per heavy atom. The van der Waals surface area contributed by atoms with E-state index >= 15 is 0 Å². The smallest absolute Gasteiger partial charge is 0.490 e. The van der Waals surface area contributed by atoms with Gasteiger partial charge in [0.2, 0.25) is 0 Å². The first-order valence-electron chi connectivity index (χ1n) is 10.9. The number of rotatable bonds is 8. The highest BCUT2D eigenvalue weighted by Crippen LogP contribution is 2.29. The third kappa shape index (κ3) is 6.87. The molecule has 1 amide bonds. The molecule has 0 unspecified atom stereocenters. The van der Waals surface area contributed by atoms with Gasteiger partial charge in [0.1, 0.15) is 11.5 Å². The summed E-state index contributed by atoms with van der Waals surface area (Å²) in [4.78, 5) is 23.5. The molecule has 10 nitrogen and oxygen atoms in total. The second-order valence-corrected chi connectivity index (χ2v) is 8.02. The minimum Gasteiger partial charge on any atom is -0.490 e. The quantitative estimate of drug-likeness (QED) is 0.386. The molecule has 1 heterocycles. The second-order valence-electron chi connectivity index (χ2n) is 8.02. The van der Waals surface area contributed by atoms with E-state index in [4.69, 9.17) is 14.3 Å². The van der Waals surface area contributed by atoms with Crippen molar-refractivity contribution < 1.29 is 41.8 Å². The molecule has 1 aliphatic carbocycles. The SMILES string of the molecule is O=C(Nc1ccc(O[C@H]2CC[C@H](C(=O)O)CC2)cc1)c1nnc(Nc2ccc(OC(F)(F)F)cc2)o1. The lowest BCUT2D eigenvalue weighted by atomic mass is 9.87. The summed E-state index contributed by atoms with van der Waals surface area (Å²) in [5.41, 5.74) is 0.794. The largest absolute Gasteiger partial charge is 0.573 e. The average Bonchev–Trinajstić information content (AvgIpc) is 3.30. The number of nitrogens with zero attached hydrogens (tertiary/aromatic N) is 2. The van der Waals surface area contributed by atoms with Crippen LogP contribution in [0.3, 0.4) is 0 Å². The van der Waals surface area contributed by atoms with E-state index in [9.17, 15) is 22.8 Å². The van der Waals surface area contributed by atoms with E-state index in [1.54, 1.807) is 24.3 Å². The van der Waals surface area contributed by atoms with Gasteiger partial charge in [-0.15, -0.1) is 18.3 Å². The minimum absolute atomic E-state index is 0.0567. The minimum atomic E-state index is -4.79. The number of aromatic nitrogens is 2. The molecule has 190 valence electrons. The highest BCUT2D eigenvalue weighted by molar-refractivity contribution is 6.00. The van der Waals surface area contributed by atoms with Gasteiger partial charge < -0.3 is 29.6 Å². The summed E-state index contributed by atoms with van der Waals surface area (Å²) in [6.07, 6.45) is -2.37. The van der Waals surface area contributed by atoms with Crippen molar-refractivity contribution in [2.75, 3.05) is 10.6 Å². The van der Waals surface area contributed by atoms with Crippen molar-refractivity contribution in [3.63, 3.8) is 0 Å². The number of halogens is 3. The number of alkyl halides is 3. The monoisotopic (exact) mass is 506 g/mol. The number of hydrogen-bond donors (Lipinski definition) is 3. The third-order valence-electron chi connectivity index (χ3n) is 5.40. The number of carboxylic acids is 1. The van der Waals surface area contributed by atoms with Gasteiger partial charge in [-0.05, 0) is 74.2 Å². The van der Waals surface area contributed by atoms with E-state index in [2.05, 4.69) is 25.6 Å². The average molecular weight is 506 g/mol. The van der Waals surface area contributed by atoms with Crippen molar-refractivity contribution >= 4 is 29.3 Å². The number of carbonyl (C=O) groups is 2. The van der Waals surface area contributed by atoms with Gasteiger partial charge in [-0.2, -0.15) is 0 Å². The Bertz CT molecular complexity index is 1190. The van der Waals surface area contributed by atoms with Crippen molar-refractivity contribution in [1.82, 2.24) is 10.2 Å². The molecule has 3 aromatic rings. The molecule has 1 aliphatic rings. The van der Waals surface area contributed by atoms with Crippen molar-refractivity contribution in [3.8, 4) is 11.5 Å². The number of nitrogens with one attached hydrogen (secondary N) is 2. The van der Waals surface area contributed by atoms with Crippen molar-refractivity contribution in [1.29, 1.82) is 0 Å². The summed E-state index contributed by atoms with van der Waals surface area (Å²) in [6, 6.07) is 11.3. The summed E-state index contributed by atoms with van der Waals surface area (Å²) >= 11 is 0. The first-order chi connectivity index (χ1) is 17.1. The van der Waals surface area contributed by atoms with Crippen LogP contribution in [0.25, 0.3) is 0 Å². The molecule has 1 saturated carbocycles. The van der Waals surface area contributed by atoms with Gasteiger partial charge in [0.05, 0.1) is 12.0 Å². The fraction of sp³-hybridized carbons (Fsp3) is 0.304. The molecule has 13 heteroatoms. The number of ether oxygens (including phenoxy) is 2. The fourth-order valence-electron chi connectivity index (χ4n) is 3.65. The Morgan fingerprint density at radius 1 is 0.917 bits per heavy atom. The lowest BCUT2D eigenvalue weighted by Gasteiger charge is -2.26. The normalized spacial score (nSPS) is 17.8. The zero-order chi connectivity index (χ0) is 25.7. The molecule has 0 aliphatic heterocycles. The van der Waals surface area contributed by atoms with Crippen LogP contribution in [0.5, 0.6) is 11.5 Å². The summed E-state index contributed by atoms with van der Waals surface area (Å²) in [5.74, 6) is -1.87. The van der Waals surface area contributed by atoms with Crippen molar-refractivity contribution in [2.24, 2.45) is 5.92 Å². The number of benzene rings is 2. The van der Waals surface area contributed by atoms with Crippen molar-refractivity contribution in [3.05, 3.63) is 54.4 Å². The highest BCUT2D eigenvalue weighted by atomic mass is 19.4. The lowest BCUT2D eigenvalue weighted by Crippen LogP contribution is -2.27. The Kier molecular flexibility index (Phi) is 7.27. The van der Waals surface area contributed by atoms with Gasteiger partial charge >= 0.3 is 30.1 Å². The van der Waals surface area contributed by atoms with Crippen LogP contribution in [0.1, 0.15) is 36.4 Å². The Labute approximate surface area is 202 Å². The third-order valence-corrected chi connectivity index (χ3v) is 5.40. The molecule has 0 atom stereocenters. The van der Waals surface area contributed by atoms with E-state index in [1.165, 1.54) is 12.1 Å². The first kappa shape index (κ1) is 24.8. The van der Waals surface area contributed by atoms with Gasteiger partial charge in [0.25, 0.3) is 0 Å². The number of aliphatic carboxylic acids is 1. The Balaban J connectivity index is 1.27. The highest BCUT2D eigenvalue weighted by Gasteiger charge is 2.31. The molecule has 4 rings (SSSR count). The molecule has 1 aromatic heterocycles. The lowest BCUT2D eigenvalue weighted by molar-refractivity contribution is -0.274. The zero-order valence-corrected chi connectivity index (χ0v) is 18.6. The standard InChI is InChI=1S/C23H21F3N4O6/c24-23(25,26)36-18-11-5-15(6-12-18)28-22-30-29-20(35-22)19(31)27-14-3-9-17(10-4-14)34-16-7-1-13(2-8-16)21(32)33/h3-6,9-13,16H,1-2,7-8H2,(H,27,31)(H,28,30)(H,32,33)/t13-,16-. The van der Waals surface area contributed by atoms with Crippen LogP contribution in [0.15, 0.2) is 52.9 Å². The van der Waals surface area contributed by atoms with E-state index in [0.717, 1.165) is 12.1 Å². The Morgan fingerprint density at radius 2 is 1.53 bits per heavy atom. The number of carboxylic acid groups (broad SMARTS) is 1. The van der Waals surface area contributed by atoms with Gasteiger partial charge in [-0.1, -0.05) is 5.10 Å². The number of amides is 1. The van der Waals surface area contributed by atoms with Crippen LogP contribution in [0.2, 0.25) is 0 Å². The van der Waals surface area contributed by atoms with Gasteiger partial charge in [0.15, 0.2) is 0 Å². The number of anilines is 3. The molecule has 1 fully saturated rings. The summed E-state index contributed by atoms with van der Waals surface area (Å²) in [6.45, 7) is 0. The molecule has 3 N–H and O–H groups in total. The fourth-order valence-corrected chi connectivity index (χ4v) is 3.65. The van der Waals surface area contributed by atoms with Crippen molar-refractivity contribution in [2.45, 2.75) is 38.1 Å². The van der Waals surface area contributed by atoms with Crippen LogP contribution >= 0.6 is 0 Å². The van der Waals surface area contributed by atoms with Crippen LogP contribution in [0, 0.1) is 5.92 Å². The molecule has 0 saturated heterocycles. The van der Waals surface area contributed by atoms with Crippen LogP contribution in [-0.4, -0.2) is 39.6 Å². The van der Waals surface area contributed by atoms with Crippen LogP contribution in [0.4, 0.5) is 30.6 Å². The van der Waals surface area contributed by atoms with E-state index in [0.29, 0.717) is 42.8 Å². The number of hydrogen-bond acceptors (Lipinski definition) is 8. The predicted molar refractivity (Wildman–Crippen MR) is 119 cm³/mol. The Hall–Kier alpha value is -4.29. The van der Waals surface area contributed by atoms with E-state index in [-0.39, 0.29) is 29.7 Å². The topological polar surface area (TPSA) is 136 Å². The van der Waals surface area contributed by atoms with E-state index < -0.39 is 18.2 Å². The molecular weight excluding hydrogens is 485 g/mol. The molecular formula is C23H21F3N4O6. The second kappa shape index (κ2) is 10.5. The van der Waals surface area contributed by atoms with Gasteiger partial charge in [0, 0.05) is 11.4 Å². The molecule has 2 aromatic carbocycles. The van der Waals surface area contributed by atoms with Crippen LogP contribution < -0.4 is 20.1 Å². The van der Waals surface area contributed by atoms with E-state index in [1.807, 2.05) is 0 Å². The summed E-state index contributed by atoms with van der Waals surface area (Å²) < 4.78 is 51.7. The maximum atomic E-state index is 12.4. The first-order valence-corrected chi connectivity index (χ1v) is 10.9. The predicted octanol–water partition coefficient (Wildman–Crippen LogP) is 4.99. The maximum Gasteiger partial charge on any atom is 0.573 e.